The molecular formula is C19H28N4O2. The summed E-state index contributed by atoms with van der Waals surface area (Å²) < 4.78 is 0. The lowest BCUT2D eigenvalue weighted by Gasteiger charge is -2.15. The number of likely N-dealkylation sites (tertiary alicyclic amines) is 1. The molecule has 0 saturated carbocycles. The molecule has 2 atom stereocenters. The van der Waals surface area contributed by atoms with E-state index in [-0.39, 0.29) is 17.9 Å². The predicted molar refractivity (Wildman–Crippen MR) is 96.8 cm³/mol. The van der Waals surface area contributed by atoms with Crippen molar-refractivity contribution in [3.8, 4) is 0 Å². The number of nitrogens with one attached hydrogen (secondary N) is 3. The minimum atomic E-state index is -0.174. The van der Waals surface area contributed by atoms with Crippen molar-refractivity contribution < 1.29 is 9.59 Å². The largest absolute Gasteiger partial charge is 0.351 e. The lowest BCUT2D eigenvalue weighted by atomic mass is 10.1. The summed E-state index contributed by atoms with van der Waals surface area (Å²) in [5.41, 5.74) is 7.98. The first kappa shape index (κ1) is 17.9. The van der Waals surface area contributed by atoms with Crippen LogP contribution in [0.1, 0.15) is 54.9 Å². The van der Waals surface area contributed by atoms with E-state index in [9.17, 15) is 9.59 Å². The molecule has 2 saturated heterocycles. The third kappa shape index (κ3) is 4.58. The summed E-state index contributed by atoms with van der Waals surface area (Å²) in [4.78, 5) is 26.5. The van der Waals surface area contributed by atoms with Crippen molar-refractivity contribution in [1.29, 1.82) is 0 Å². The smallest absolute Gasteiger partial charge is 0.253 e. The van der Waals surface area contributed by atoms with Gasteiger partial charge >= 0.3 is 0 Å². The van der Waals surface area contributed by atoms with Gasteiger partial charge in [0.1, 0.15) is 6.04 Å². The molecule has 0 radical (unpaired) electrons. The maximum atomic E-state index is 12.3. The second kappa shape index (κ2) is 8.45. The van der Waals surface area contributed by atoms with Gasteiger partial charge in [0, 0.05) is 31.2 Å². The minimum absolute atomic E-state index is 0.0170. The zero-order chi connectivity index (χ0) is 17.6. The van der Waals surface area contributed by atoms with Gasteiger partial charge in [-0.3, -0.25) is 15.0 Å². The number of hydrazine groups is 1. The summed E-state index contributed by atoms with van der Waals surface area (Å²) >= 11 is 0. The van der Waals surface area contributed by atoms with Crippen LogP contribution in [0.5, 0.6) is 0 Å². The number of carbonyl (C=O) groups is 2. The lowest BCUT2D eigenvalue weighted by molar-refractivity contribution is -0.123. The Hall–Kier alpha value is -1.92. The zero-order valence-electron chi connectivity index (χ0n) is 14.9. The molecular weight excluding hydrogens is 316 g/mol. The number of carbonyl (C=O) groups excluding carboxylic acids is 2. The zero-order valence-corrected chi connectivity index (χ0v) is 14.9. The topological polar surface area (TPSA) is 73.5 Å². The Morgan fingerprint density at radius 2 is 1.88 bits per heavy atom. The van der Waals surface area contributed by atoms with Crippen LogP contribution in [0, 0.1) is 0 Å². The van der Waals surface area contributed by atoms with Crippen LogP contribution in [0.3, 0.4) is 0 Å². The molecule has 136 valence electrons. The van der Waals surface area contributed by atoms with E-state index in [4.69, 9.17) is 0 Å². The molecule has 2 fully saturated rings. The fourth-order valence-electron chi connectivity index (χ4n) is 3.51. The van der Waals surface area contributed by atoms with Crippen molar-refractivity contribution >= 4 is 11.8 Å². The van der Waals surface area contributed by atoms with E-state index < -0.39 is 0 Å². The quantitative estimate of drug-likeness (QED) is 0.732. The third-order valence-electron chi connectivity index (χ3n) is 5.00. The Balaban J connectivity index is 1.47. The van der Waals surface area contributed by atoms with Crippen molar-refractivity contribution in [2.45, 2.75) is 57.7 Å². The van der Waals surface area contributed by atoms with E-state index in [1.807, 2.05) is 29.2 Å². The summed E-state index contributed by atoms with van der Waals surface area (Å²) in [6.45, 7) is 4.34. The predicted octanol–water partition coefficient (Wildman–Crippen LogP) is 1.57. The van der Waals surface area contributed by atoms with Crippen LogP contribution < -0.4 is 16.2 Å². The van der Waals surface area contributed by atoms with E-state index in [1.165, 1.54) is 0 Å². The van der Waals surface area contributed by atoms with Gasteiger partial charge < -0.3 is 10.2 Å². The van der Waals surface area contributed by atoms with Gasteiger partial charge in [0.05, 0.1) is 0 Å². The van der Waals surface area contributed by atoms with Crippen LogP contribution in [-0.4, -0.2) is 41.9 Å². The fraction of sp³-hybridized carbons (Fsp3) is 0.579. The molecule has 6 heteroatoms. The molecule has 0 bridgehead atoms. The maximum Gasteiger partial charge on any atom is 0.253 e. The number of hydrogen-bond acceptors (Lipinski definition) is 4. The van der Waals surface area contributed by atoms with Gasteiger partial charge in [-0.15, -0.1) is 0 Å². The number of hydrogen-bond donors (Lipinski definition) is 3. The van der Waals surface area contributed by atoms with Crippen molar-refractivity contribution in [1.82, 2.24) is 21.1 Å². The Morgan fingerprint density at radius 3 is 2.56 bits per heavy atom. The molecule has 2 aliphatic heterocycles. The van der Waals surface area contributed by atoms with Gasteiger partial charge in [0.25, 0.3) is 5.91 Å². The molecule has 2 unspecified atom stereocenters. The Kier molecular flexibility index (Phi) is 6.04. The summed E-state index contributed by atoms with van der Waals surface area (Å²) in [7, 11) is 0. The number of amides is 2. The maximum absolute atomic E-state index is 12.3. The van der Waals surface area contributed by atoms with Crippen LogP contribution in [0.4, 0.5) is 0 Å². The van der Waals surface area contributed by atoms with Crippen molar-refractivity contribution in [3.63, 3.8) is 0 Å². The number of rotatable bonds is 6. The summed E-state index contributed by atoms with van der Waals surface area (Å²) in [5, 5.41) is 2.97. The van der Waals surface area contributed by atoms with E-state index in [2.05, 4.69) is 23.1 Å². The van der Waals surface area contributed by atoms with Crippen molar-refractivity contribution in [3.05, 3.63) is 35.4 Å². The first-order valence-corrected chi connectivity index (χ1v) is 9.34. The van der Waals surface area contributed by atoms with Crippen LogP contribution in [-0.2, 0) is 11.3 Å². The number of nitrogens with zero attached hydrogens (tertiary/aromatic N) is 1. The van der Waals surface area contributed by atoms with E-state index in [0.29, 0.717) is 12.6 Å². The standard InChI is InChI=1S/C19H28N4O2/c1-2-5-16-12-17(22-21-16)18(24)20-13-14-6-8-15(9-7-14)19(25)23-10-3-4-11-23/h6-9,16-17,21-22H,2-5,10-13H2,1H3,(H,20,24). The molecule has 1 aromatic carbocycles. The summed E-state index contributed by atoms with van der Waals surface area (Å²) in [6, 6.07) is 7.75. The molecule has 2 amide bonds. The Labute approximate surface area is 149 Å². The minimum Gasteiger partial charge on any atom is -0.351 e. The van der Waals surface area contributed by atoms with Crippen molar-refractivity contribution in [2.24, 2.45) is 0 Å². The molecule has 25 heavy (non-hydrogen) atoms. The molecule has 0 aliphatic carbocycles. The van der Waals surface area contributed by atoms with Gasteiger partial charge in [-0.2, -0.15) is 0 Å². The van der Waals surface area contributed by atoms with Gasteiger partial charge in [0.2, 0.25) is 5.91 Å². The van der Waals surface area contributed by atoms with Crippen molar-refractivity contribution in [2.75, 3.05) is 13.1 Å². The highest BCUT2D eigenvalue weighted by Gasteiger charge is 2.28. The highest BCUT2D eigenvalue weighted by Crippen LogP contribution is 2.14. The van der Waals surface area contributed by atoms with Gasteiger partial charge in [-0.25, -0.2) is 5.43 Å². The Bertz CT molecular complexity index is 596. The van der Waals surface area contributed by atoms with E-state index in [0.717, 1.165) is 56.3 Å². The molecule has 2 heterocycles. The molecule has 0 spiro atoms. The normalized spacial score (nSPS) is 23.0. The third-order valence-corrected chi connectivity index (χ3v) is 5.00. The first-order chi connectivity index (χ1) is 12.2. The number of benzene rings is 1. The van der Waals surface area contributed by atoms with E-state index >= 15 is 0 Å². The van der Waals surface area contributed by atoms with Crippen LogP contribution in [0.25, 0.3) is 0 Å². The molecule has 2 aliphatic rings. The van der Waals surface area contributed by atoms with Crippen LogP contribution >= 0.6 is 0 Å². The summed E-state index contributed by atoms with van der Waals surface area (Å²) in [5.74, 6) is 0.125. The van der Waals surface area contributed by atoms with Gasteiger partial charge in [-0.05, 0) is 43.4 Å². The Morgan fingerprint density at radius 1 is 1.16 bits per heavy atom. The SMILES string of the molecule is CCCC1CC(C(=O)NCc2ccc(C(=O)N3CCCC3)cc2)NN1. The van der Waals surface area contributed by atoms with Crippen LogP contribution in [0.2, 0.25) is 0 Å². The molecule has 3 rings (SSSR count). The highest BCUT2D eigenvalue weighted by atomic mass is 16.2. The first-order valence-electron chi connectivity index (χ1n) is 9.34. The molecule has 0 aromatic heterocycles. The van der Waals surface area contributed by atoms with E-state index in [1.54, 1.807) is 0 Å². The average molecular weight is 344 g/mol. The highest BCUT2D eigenvalue weighted by molar-refractivity contribution is 5.94. The van der Waals surface area contributed by atoms with Gasteiger partial charge in [0.15, 0.2) is 0 Å². The second-order valence-electron chi connectivity index (χ2n) is 6.98. The average Bonchev–Trinajstić information content (AvgIpc) is 3.32. The molecule has 6 nitrogen and oxygen atoms in total. The lowest BCUT2D eigenvalue weighted by Crippen LogP contribution is -2.43. The van der Waals surface area contributed by atoms with Gasteiger partial charge in [-0.1, -0.05) is 25.5 Å². The molecule has 1 aromatic rings. The fourth-order valence-corrected chi connectivity index (χ4v) is 3.51. The van der Waals surface area contributed by atoms with Crippen LogP contribution in [0.15, 0.2) is 24.3 Å². The summed E-state index contributed by atoms with van der Waals surface area (Å²) in [6.07, 6.45) is 5.19. The monoisotopic (exact) mass is 344 g/mol. The second-order valence-corrected chi connectivity index (χ2v) is 6.98. The molecule has 3 N–H and O–H groups in total.